The van der Waals surface area contributed by atoms with Crippen LogP contribution in [0.5, 0.6) is 5.75 Å². The van der Waals surface area contributed by atoms with Crippen molar-refractivity contribution in [1.82, 2.24) is 5.43 Å². The van der Waals surface area contributed by atoms with Gasteiger partial charge in [0.2, 0.25) is 0 Å². The van der Waals surface area contributed by atoms with Gasteiger partial charge in [0.05, 0.1) is 12.8 Å². The SMILES string of the molecule is COc1cccc(C(=O)N/N=C2\CCCc3oc(C(=O)Nc4ccc(C(C)C)cc4)c(C)c32)c1. The molecular formula is C27H29N3O4. The topological polar surface area (TPSA) is 92.9 Å². The summed E-state index contributed by atoms with van der Waals surface area (Å²) < 4.78 is 11.1. The van der Waals surface area contributed by atoms with E-state index in [0.717, 1.165) is 29.7 Å². The van der Waals surface area contributed by atoms with Crippen LogP contribution in [0, 0.1) is 6.92 Å². The van der Waals surface area contributed by atoms with E-state index < -0.39 is 0 Å². The van der Waals surface area contributed by atoms with E-state index in [-0.39, 0.29) is 17.6 Å². The first kappa shape index (κ1) is 23.3. The zero-order chi connectivity index (χ0) is 24.2. The third kappa shape index (κ3) is 4.88. The van der Waals surface area contributed by atoms with Gasteiger partial charge in [-0.25, -0.2) is 5.43 Å². The smallest absolute Gasteiger partial charge is 0.291 e. The van der Waals surface area contributed by atoms with Crippen molar-refractivity contribution in [2.75, 3.05) is 12.4 Å². The predicted octanol–water partition coefficient (Wildman–Crippen LogP) is 5.44. The lowest BCUT2D eigenvalue weighted by molar-refractivity contribution is 0.0953. The first-order valence-electron chi connectivity index (χ1n) is 11.4. The van der Waals surface area contributed by atoms with Crippen LogP contribution in [-0.2, 0) is 6.42 Å². The third-order valence-electron chi connectivity index (χ3n) is 5.99. The number of aryl methyl sites for hydroxylation is 1. The summed E-state index contributed by atoms with van der Waals surface area (Å²) in [5.74, 6) is 1.38. The fourth-order valence-electron chi connectivity index (χ4n) is 4.08. The van der Waals surface area contributed by atoms with Gasteiger partial charge in [0.1, 0.15) is 11.5 Å². The number of furan rings is 1. The second-order valence-corrected chi connectivity index (χ2v) is 8.67. The van der Waals surface area contributed by atoms with Crippen molar-refractivity contribution < 1.29 is 18.7 Å². The molecule has 0 saturated carbocycles. The quantitative estimate of drug-likeness (QED) is 0.480. The summed E-state index contributed by atoms with van der Waals surface area (Å²) in [7, 11) is 1.55. The number of hydrogen-bond acceptors (Lipinski definition) is 5. The average Bonchev–Trinajstić information content (AvgIpc) is 3.20. The lowest BCUT2D eigenvalue weighted by Gasteiger charge is -2.13. The van der Waals surface area contributed by atoms with Crippen LogP contribution in [0.1, 0.15) is 76.0 Å². The molecule has 0 spiro atoms. The number of hydrogen-bond donors (Lipinski definition) is 2. The monoisotopic (exact) mass is 459 g/mol. The summed E-state index contributed by atoms with van der Waals surface area (Å²) in [4.78, 5) is 25.5. The second kappa shape index (κ2) is 9.95. The number of benzene rings is 2. The minimum absolute atomic E-state index is 0.270. The maximum absolute atomic E-state index is 13.0. The molecule has 3 aromatic rings. The number of fused-ring (bicyclic) bond motifs is 1. The minimum atomic E-state index is -0.331. The summed E-state index contributed by atoms with van der Waals surface area (Å²) in [6.45, 7) is 6.11. The number of hydrazone groups is 1. The van der Waals surface area contributed by atoms with Crippen molar-refractivity contribution in [2.45, 2.75) is 46.0 Å². The van der Waals surface area contributed by atoms with E-state index in [1.807, 2.05) is 31.2 Å². The minimum Gasteiger partial charge on any atom is -0.497 e. The molecule has 176 valence electrons. The number of ether oxygens (including phenoxy) is 1. The molecule has 0 bridgehead atoms. The molecule has 4 rings (SSSR count). The first-order chi connectivity index (χ1) is 16.4. The summed E-state index contributed by atoms with van der Waals surface area (Å²) in [6, 6.07) is 14.7. The molecule has 0 aliphatic heterocycles. The number of rotatable bonds is 6. The normalized spacial score (nSPS) is 14.1. The van der Waals surface area contributed by atoms with Crippen LogP contribution in [0.15, 0.2) is 58.0 Å². The van der Waals surface area contributed by atoms with Gasteiger partial charge < -0.3 is 14.5 Å². The maximum Gasteiger partial charge on any atom is 0.291 e. The molecule has 0 radical (unpaired) electrons. The summed E-state index contributed by atoms with van der Waals surface area (Å²) >= 11 is 0. The molecule has 34 heavy (non-hydrogen) atoms. The highest BCUT2D eigenvalue weighted by molar-refractivity contribution is 6.09. The molecule has 1 heterocycles. The molecule has 7 heteroatoms. The Balaban J connectivity index is 1.53. The number of anilines is 1. The number of nitrogens with one attached hydrogen (secondary N) is 2. The van der Waals surface area contributed by atoms with Crippen LogP contribution in [-0.4, -0.2) is 24.6 Å². The molecule has 1 aliphatic carbocycles. The van der Waals surface area contributed by atoms with Gasteiger partial charge in [-0.2, -0.15) is 5.10 Å². The van der Waals surface area contributed by atoms with Crippen LogP contribution in [0.3, 0.4) is 0 Å². The number of methoxy groups -OCH3 is 1. The summed E-state index contributed by atoms with van der Waals surface area (Å²) in [5.41, 5.74) is 7.24. The molecule has 2 N–H and O–H groups in total. The maximum atomic E-state index is 13.0. The fourth-order valence-corrected chi connectivity index (χ4v) is 4.08. The summed E-state index contributed by atoms with van der Waals surface area (Å²) in [6.07, 6.45) is 2.23. The molecule has 7 nitrogen and oxygen atoms in total. The van der Waals surface area contributed by atoms with E-state index in [0.29, 0.717) is 35.1 Å². The van der Waals surface area contributed by atoms with Gasteiger partial charge >= 0.3 is 0 Å². The van der Waals surface area contributed by atoms with Gasteiger partial charge in [-0.3, -0.25) is 9.59 Å². The Bertz CT molecular complexity index is 1240. The molecule has 0 atom stereocenters. The standard InChI is InChI=1S/C27H29N3O4/c1-16(2)18-11-13-20(14-12-18)28-27(32)25-17(3)24-22(9-6-10-23(24)34-25)29-30-26(31)19-7-5-8-21(15-19)33-4/h5,7-8,11-16H,6,9-10H2,1-4H3,(H,28,32)(H,30,31)/b29-22+. The van der Waals surface area contributed by atoms with E-state index in [1.54, 1.807) is 31.4 Å². The Kier molecular flexibility index (Phi) is 6.82. The highest BCUT2D eigenvalue weighted by atomic mass is 16.5. The van der Waals surface area contributed by atoms with E-state index in [2.05, 4.69) is 29.7 Å². The zero-order valence-electron chi connectivity index (χ0n) is 19.9. The number of nitrogens with zero attached hydrogens (tertiary/aromatic N) is 1. The van der Waals surface area contributed by atoms with Crippen molar-refractivity contribution in [3.8, 4) is 5.75 Å². The van der Waals surface area contributed by atoms with Gasteiger partial charge in [-0.15, -0.1) is 0 Å². The highest BCUT2D eigenvalue weighted by Gasteiger charge is 2.28. The molecule has 0 fully saturated rings. The van der Waals surface area contributed by atoms with Crippen LogP contribution in [0.4, 0.5) is 5.69 Å². The van der Waals surface area contributed by atoms with Gasteiger partial charge in [0.15, 0.2) is 5.76 Å². The number of amides is 2. The van der Waals surface area contributed by atoms with Crippen molar-refractivity contribution in [2.24, 2.45) is 5.10 Å². The van der Waals surface area contributed by atoms with Crippen molar-refractivity contribution in [3.05, 3.63) is 82.3 Å². The van der Waals surface area contributed by atoms with Crippen molar-refractivity contribution >= 4 is 23.2 Å². The average molecular weight is 460 g/mol. The van der Waals surface area contributed by atoms with Gasteiger partial charge in [-0.1, -0.05) is 32.0 Å². The van der Waals surface area contributed by atoms with E-state index in [9.17, 15) is 9.59 Å². The van der Waals surface area contributed by atoms with Crippen LogP contribution >= 0.6 is 0 Å². The van der Waals surface area contributed by atoms with E-state index in [1.165, 1.54) is 5.56 Å². The van der Waals surface area contributed by atoms with Crippen LogP contribution in [0.2, 0.25) is 0 Å². The van der Waals surface area contributed by atoms with Gasteiger partial charge in [0.25, 0.3) is 11.8 Å². The third-order valence-corrected chi connectivity index (χ3v) is 5.99. The van der Waals surface area contributed by atoms with Gasteiger partial charge in [0, 0.05) is 28.8 Å². The fraction of sp³-hybridized carbons (Fsp3) is 0.296. The Morgan fingerprint density at radius 1 is 1.06 bits per heavy atom. The van der Waals surface area contributed by atoms with E-state index >= 15 is 0 Å². The molecule has 1 aliphatic rings. The number of carbonyl (C=O) groups is 2. The first-order valence-corrected chi connectivity index (χ1v) is 11.4. The molecule has 2 aromatic carbocycles. The zero-order valence-corrected chi connectivity index (χ0v) is 19.9. The molecule has 2 amide bonds. The Hall–Kier alpha value is -3.87. The second-order valence-electron chi connectivity index (χ2n) is 8.67. The molecule has 0 saturated heterocycles. The Labute approximate surface area is 199 Å². The Morgan fingerprint density at radius 2 is 1.82 bits per heavy atom. The van der Waals surface area contributed by atoms with Crippen LogP contribution in [0.25, 0.3) is 0 Å². The van der Waals surface area contributed by atoms with Crippen LogP contribution < -0.4 is 15.5 Å². The number of carbonyl (C=O) groups excluding carboxylic acids is 2. The highest BCUT2D eigenvalue weighted by Crippen LogP contribution is 2.30. The molecule has 0 unspecified atom stereocenters. The lowest BCUT2D eigenvalue weighted by Crippen LogP contribution is -2.22. The lowest BCUT2D eigenvalue weighted by atomic mass is 9.93. The summed E-state index contributed by atoms with van der Waals surface area (Å²) in [5, 5.41) is 7.30. The van der Waals surface area contributed by atoms with Gasteiger partial charge in [-0.05, 0) is 61.6 Å². The largest absolute Gasteiger partial charge is 0.497 e. The predicted molar refractivity (Wildman–Crippen MR) is 132 cm³/mol. The van der Waals surface area contributed by atoms with Crippen molar-refractivity contribution in [1.29, 1.82) is 0 Å². The Morgan fingerprint density at radius 3 is 2.53 bits per heavy atom. The van der Waals surface area contributed by atoms with E-state index in [4.69, 9.17) is 9.15 Å². The van der Waals surface area contributed by atoms with Crippen molar-refractivity contribution in [3.63, 3.8) is 0 Å². The molecule has 1 aromatic heterocycles. The molecular weight excluding hydrogens is 430 g/mol.